The van der Waals surface area contributed by atoms with Gasteiger partial charge >= 0.3 is 11.9 Å². The van der Waals surface area contributed by atoms with Gasteiger partial charge < -0.3 is 28.8 Å². The summed E-state index contributed by atoms with van der Waals surface area (Å²) >= 11 is 0. The van der Waals surface area contributed by atoms with Gasteiger partial charge in [-0.1, -0.05) is 81.4 Å². The van der Waals surface area contributed by atoms with E-state index in [2.05, 4.69) is 93.5 Å². The van der Waals surface area contributed by atoms with Crippen molar-refractivity contribution in [1.29, 1.82) is 0 Å². The maximum Gasteiger partial charge on any atom is 0.316 e. The van der Waals surface area contributed by atoms with Crippen molar-refractivity contribution in [2.45, 2.75) is 106 Å². The van der Waals surface area contributed by atoms with Gasteiger partial charge in [-0.25, -0.2) is 0 Å². The molecule has 2 saturated carbocycles. The zero-order valence-electron chi connectivity index (χ0n) is 34.8. The molecule has 0 aliphatic heterocycles. The summed E-state index contributed by atoms with van der Waals surface area (Å²) in [7, 11) is 8.10. The van der Waals surface area contributed by atoms with E-state index in [9.17, 15) is 14.7 Å². The molecule has 0 heterocycles. The van der Waals surface area contributed by atoms with E-state index in [-0.39, 0.29) is 33.5 Å². The fourth-order valence-electron chi connectivity index (χ4n) is 9.94. The molecule has 8 nitrogen and oxygen atoms in total. The van der Waals surface area contributed by atoms with Crippen LogP contribution < -0.4 is 18.9 Å². The Morgan fingerprint density at radius 3 is 1.19 bits per heavy atom. The van der Waals surface area contributed by atoms with Crippen molar-refractivity contribution < 1.29 is 38.4 Å². The third-order valence-electron chi connectivity index (χ3n) is 13.6. The van der Waals surface area contributed by atoms with Gasteiger partial charge in [0.25, 0.3) is 0 Å². The first kappa shape index (κ1) is 40.2. The van der Waals surface area contributed by atoms with Crippen LogP contribution in [0.1, 0.15) is 117 Å². The maximum absolute atomic E-state index is 13.1. The first-order chi connectivity index (χ1) is 24.5. The molecule has 0 saturated heterocycles. The molecule has 290 valence electrons. The van der Waals surface area contributed by atoms with Crippen LogP contribution in [0.4, 0.5) is 0 Å². The number of rotatable bonds is 8. The van der Waals surface area contributed by atoms with Crippen molar-refractivity contribution in [3.8, 4) is 23.0 Å². The lowest BCUT2D eigenvalue weighted by atomic mass is 9.64. The third-order valence-corrected chi connectivity index (χ3v) is 13.6. The van der Waals surface area contributed by atoms with Gasteiger partial charge in [0.2, 0.25) is 0 Å². The van der Waals surface area contributed by atoms with Crippen LogP contribution in [-0.2, 0) is 25.2 Å². The van der Waals surface area contributed by atoms with E-state index in [0.717, 1.165) is 64.2 Å². The molecule has 0 amide bonds. The van der Waals surface area contributed by atoms with Crippen LogP contribution >= 0.6 is 0 Å². The molecule has 2 aromatic carbocycles. The standard InChI is InChI=1S/C23H32O4.C22H30O4/c1-21(2,3)15-12-17(25-6)19(18(13-15)26-7)16-11-14-9-10-23(16,20(24)27-8)22(14,4)5;1-20(2,3)14-11-16(25-6)18(17(12-14)26-7)15-10-13-8-9-22(15,19(23)24)21(13,4)5/h11-14H,9-10H2,1-8H3;10-13H,8-9H2,1-7H3,(H,23,24)/t14-,23+;13-,22+/m11/s1. The molecule has 0 spiro atoms. The van der Waals surface area contributed by atoms with Crippen LogP contribution in [0.3, 0.4) is 0 Å². The van der Waals surface area contributed by atoms with Gasteiger partial charge in [0.05, 0.1) is 57.5 Å². The van der Waals surface area contributed by atoms with E-state index < -0.39 is 16.8 Å². The van der Waals surface area contributed by atoms with Crippen molar-refractivity contribution in [2.75, 3.05) is 35.5 Å². The Morgan fingerprint density at radius 2 is 0.925 bits per heavy atom. The molecule has 4 aliphatic carbocycles. The Hall–Kier alpha value is -3.94. The topological polar surface area (TPSA) is 101 Å². The lowest BCUT2D eigenvalue weighted by Crippen LogP contribution is -2.41. The lowest BCUT2D eigenvalue weighted by Gasteiger charge is -2.38. The number of carboxylic acid groups (broad SMARTS) is 1. The minimum Gasteiger partial charge on any atom is -0.496 e. The highest BCUT2D eigenvalue weighted by Gasteiger charge is 2.67. The van der Waals surface area contributed by atoms with Gasteiger partial charge in [-0.05, 0) is 106 Å². The second kappa shape index (κ2) is 13.4. The summed E-state index contributed by atoms with van der Waals surface area (Å²) in [6.07, 6.45) is 7.74. The number of carbonyl (C=O) groups is 2. The molecule has 4 bridgehead atoms. The van der Waals surface area contributed by atoms with Gasteiger partial charge in [-0.3, -0.25) is 9.59 Å². The SMILES string of the molecule is COC(=O)[C@]12CC[C@H](C=C1c1c(OC)cc(C(C)(C)C)cc1OC)C2(C)C.COc1cc(C(C)(C)C)cc(OC)c1C1=C[C@H]2CC[C@]1(C(=O)O)C2(C)C. The first-order valence-electron chi connectivity index (χ1n) is 18.8. The number of hydrogen-bond donors (Lipinski definition) is 1. The number of methoxy groups -OCH3 is 5. The number of carbonyl (C=O) groups excluding carboxylic acids is 1. The zero-order valence-corrected chi connectivity index (χ0v) is 34.8. The minimum atomic E-state index is -0.901. The number of allylic oxidation sites excluding steroid dienone is 2. The maximum atomic E-state index is 13.1. The molecule has 4 aliphatic rings. The van der Waals surface area contributed by atoms with Gasteiger partial charge in [0.15, 0.2) is 0 Å². The van der Waals surface area contributed by atoms with Crippen molar-refractivity contribution >= 4 is 23.1 Å². The summed E-state index contributed by atoms with van der Waals surface area (Å²) in [4.78, 5) is 25.6. The normalized spacial score (nSPS) is 26.2. The molecular formula is C45H62O8. The predicted molar refractivity (Wildman–Crippen MR) is 210 cm³/mol. The summed E-state index contributed by atoms with van der Waals surface area (Å²) in [5.74, 6) is 2.54. The van der Waals surface area contributed by atoms with Crippen LogP contribution in [0.5, 0.6) is 23.0 Å². The molecule has 8 heteroatoms. The van der Waals surface area contributed by atoms with Crippen molar-refractivity contribution in [1.82, 2.24) is 0 Å². The van der Waals surface area contributed by atoms with Crippen LogP contribution in [0.15, 0.2) is 36.4 Å². The second-order valence-corrected chi connectivity index (χ2v) is 18.5. The smallest absolute Gasteiger partial charge is 0.316 e. The van der Waals surface area contributed by atoms with Crippen LogP contribution in [0, 0.1) is 33.5 Å². The number of benzene rings is 2. The lowest BCUT2D eigenvalue weighted by molar-refractivity contribution is -0.153. The number of ether oxygens (including phenoxy) is 5. The summed E-state index contributed by atoms with van der Waals surface area (Å²) < 4.78 is 28.3. The Kier molecular flexibility index (Phi) is 10.2. The molecule has 1 N–H and O–H groups in total. The number of esters is 1. The average Bonchev–Trinajstić information content (AvgIpc) is 3.69. The van der Waals surface area contributed by atoms with Gasteiger partial charge in [-0.15, -0.1) is 0 Å². The van der Waals surface area contributed by atoms with E-state index in [1.54, 1.807) is 28.4 Å². The summed E-state index contributed by atoms with van der Waals surface area (Å²) in [6, 6.07) is 8.19. The van der Waals surface area contributed by atoms with Crippen LogP contribution in [0.2, 0.25) is 0 Å². The molecule has 2 aromatic rings. The Bertz CT molecular complexity index is 1800. The van der Waals surface area contributed by atoms with E-state index >= 15 is 0 Å². The van der Waals surface area contributed by atoms with Crippen LogP contribution in [0.25, 0.3) is 11.1 Å². The molecule has 53 heavy (non-hydrogen) atoms. The highest BCUT2D eigenvalue weighted by Crippen LogP contribution is 2.71. The number of aliphatic carboxylic acids is 1. The quantitative estimate of drug-likeness (QED) is 0.268. The van der Waals surface area contributed by atoms with E-state index in [1.807, 2.05) is 12.1 Å². The average molecular weight is 731 g/mol. The predicted octanol–water partition coefficient (Wildman–Crippen LogP) is 9.90. The van der Waals surface area contributed by atoms with Crippen molar-refractivity contribution in [2.24, 2.45) is 33.5 Å². The molecule has 0 radical (unpaired) electrons. The highest BCUT2D eigenvalue weighted by molar-refractivity contribution is 6.00. The fraction of sp³-hybridized carbons (Fsp3) is 0.600. The van der Waals surface area contributed by atoms with Gasteiger partial charge in [0, 0.05) is 0 Å². The van der Waals surface area contributed by atoms with Gasteiger partial charge in [-0.2, -0.15) is 0 Å². The molecule has 0 unspecified atom stereocenters. The zero-order chi connectivity index (χ0) is 39.7. The number of carboxylic acids is 1. The van der Waals surface area contributed by atoms with E-state index in [4.69, 9.17) is 23.7 Å². The van der Waals surface area contributed by atoms with Crippen molar-refractivity contribution in [3.05, 3.63) is 58.7 Å². The fourth-order valence-corrected chi connectivity index (χ4v) is 9.94. The van der Waals surface area contributed by atoms with Crippen molar-refractivity contribution in [3.63, 3.8) is 0 Å². The summed E-state index contributed by atoms with van der Waals surface area (Å²) in [5.41, 5.74) is 3.54. The monoisotopic (exact) mass is 730 g/mol. The van der Waals surface area contributed by atoms with E-state index in [1.165, 1.54) is 7.11 Å². The number of fused-ring (bicyclic) bond motifs is 4. The summed E-state index contributed by atoms with van der Waals surface area (Å²) in [6.45, 7) is 21.4. The largest absolute Gasteiger partial charge is 0.496 e. The Labute approximate surface area is 317 Å². The third kappa shape index (κ3) is 5.85. The summed E-state index contributed by atoms with van der Waals surface area (Å²) in [5, 5.41) is 10.2. The highest BCUT2D eigenvalue weighted by atomic mass is 16.5. The van der Waals surface area contributed by atoms with Crippen LogP contribution in [-0.4, -0.2) is 52.6 Å². The molecule has 6 rings (SSSR count). The minimum absolute atomic E-state index is 0.0402. The second-order valence-electron chi connectivity index (χ2n) is 18.5. The molecule has 2 fully saturated rings. The Morgan fingerprint density at radius 1 is 0.604 bits per heavy atom. The van der Waals surface area contributed by atoms with E-state index in [0.29, 0.717) is 23.8 Å². The van der Waals surface area contributed by atoms with Gasteiger partial charge in [0.1, 0.15) is 23.0 Å². The molecule has 4 atom stereocenters. The first-order valence-corrected chi connectivity index (χ1v) is 18.8. The molecule has 0 aromatic heterocycles. The number of hydrogen-bond acceptors (Lipinski definition) is 7. The molecular weight excluding hydrogens is 668 g/mol. The Balaban J connectivity index is 0.000000204.